The molecule has 2 atom stereocenters. The Morgan fingerprint density at radius 3 is 2.44 bits per heavy atom. The van der Waals surface area contributed by atoms with E-state index in [0.29, 0.717) is 17.7 Å². The number of amides is 3. The first-order valence-electron chi connectivity index (χ1n) is 12.6. The number of carbonyl (C=O) groups excluding carboxylic acids is 3. The van der Waals surface area contributed by atoms with Crippen LogP contribution in [0.25, 0.3) is 0 Å². The zero-order valence-electron chi connectivity index (χ0n) is 22.1. The third-order valence-corrected chi connectivity index (χ3v) is 6.76. The van der Waals surface area contributed by atoms with Gasteiger partial charge < -0.3 is 20.3 Å². The molecule has 2 unspecified atom stereocenters. The Hall–Kier alpha value is -2.73. The molecule has 198 valence electrons. The topological polar surface area (TPSA) is 112 Å². The molecule has 2 N–H and O–H groups in total. The van der Waals surface area contributed by atoms with Gasteiger partial charge in [-0.15, -0.1) is 0 Å². The fourth-order valence-electron chi connectivity index (χ4n) is 4.39. The number of nitriles is 1. The maximum atomic E-state index is 13.9. The van der Waals surface area contributed by atoms with Crippen LogP contribution in [0.4, 0.5) is 4.79 Å². The van der Waals surface area contributed by atoms with Gasteiger partial charge in [-0.2, -0.15) is 17.0 Å². The summed E-state index contributed by atoms with van der Waals surface area (Å²) in [4.78, 5) is 41.4. The summed E-state index contributed by atoms with van der Waals surface area (Å²) in [5.41, 5.74) is 0.778. The summed E-state index contributed by atoms with van der Waals surface area (Å²) >= 11 is 1.54. The van der Waals surface area contributed by atoms with Crippen molar-refractivity contribution in [3.05, 3.63) is 35.4 Å². The Morgan fingerprint density at radius 1 is 1.19 bits per heavy atom. The van der Waals surface area contributed by atoms with Gasteiger partial charge in [0.1, 0.15) is 24.2 Å². The highest BCUT2D eigenvalue weighted by molar-refractivity contribution is 7.98. The van der Waals surface area contributed by atoms with Crippen LogP contribution in [0.15, 0.2) is 24.3 Å². The van der Waals surface area contributed by atoms with Crippen LogP contribution in [-0.2, 0) is 14.3 Å². The fraction of sp³-hybridized carbons (Fsp3) is 0.630. The normalized spacial score (nSPS) is 15.8. The number of hydrogen-bond donors (Lipinski definition) is 2. The van der Waals surface area contributed by atoms with Crippen molar-refractivity contribution in [1.29, 1.82) is 5.26 Å². The van der Waals surface area contributed by atoms with Gasteiger partial charge in [-0.1, -0.05) is 43.5 Å². The molecule has 1 aliphatic carbocycles. The second kappa shape index (κ2) is 14.1. The van der Waals surface area contributed by atoms with Crippen LogP contribution in [0.3, 0.4) is 0 Å². The van der Waals surface area contributed by atoms with Crippen LogP contribution < -0.4 is 10.6 Å². The lowest BCUT2D eigenvalue weighted by Crippen LogP contribution is -2.54. The van der Waals surface area contributed by atoms with Gasteiger partial charge in [0, 0.05) is 6.04 Å². The van der Waals surface area contributed by atoms with E-state index in [1.54, 1.807) is 32.5 Å². The molecule has 36 heavy (non-hydrogen) atoms. The maximum Gasteiger partial charge on any atom is 0.408 e. The van der Waals surface area contributed by atoms with E-state index < -0.39 is 29.7 Å². The predicted molar refractivity (Wildman–Crippen MR) is 142 cm³/mol. The standard InChI is InChI=1S/C27H40N4O4S/c1-19-11-9-10-14-21(19)23(24(32)29-20-12-7-6-8-13-20)31(17-16-28)25(33)22(15-18-36-5)30-26(34)35-27(2,3)4/h9-11,14,20,22-23H,6-8,12-13,15,17-18H2,1-5H3,(H,29,32)(H,30,34). The lowest BCUT2D eigenvalue weighted by Gasteiger charge is -2.35. The van der Waals surface area contributed by atoms with Crippen LogP contribution in [0, 0.1) is 18.3 Å². The van der Waals surface area contributed by atoms with E-state index in [4.69, 9.17) is 4.74 Å². The predicted octanol–water partition coefficient (Wildman–Crippen LogP) is 4.48. The summed E-state index contributed by atoms with van der Waals surface area (Å²) in [6, 6.07) is 7.57. The number of nitrogens with one attached hydrogen (secondary N) is 2. The summed E-state index contributed by atoms with van der Waals surface area (Å²) < 4.78 is 5.38. The molecule has 8 nitrogen and oxygen atoms in total. The molecule has 2 rings (SSSR count). The van der Waals surface area contributed by atoms with Crippen molar-refractivity contribution in [2.75, 3.05) is 18.6 Å². The lowest BCUT2D eigenvalue weighted by atomic mass is 9.93. The Kier molecular flexibility index (Phi) is 11.6. The number of aryl methyl sites for hydroxylation is 1. The number of hydrogen-bond acceptors (Lipinski definition) is 6. The first-order chi connectivity index (χ1) is 17.1. The molecule has 0 aliphatic heterocycles. The molecule has 0 radical (unpaired) electrons. The average Bonchev–Trinajstić information content (AvgIpc) is 2.81. The minimum Gasteiger partial charge on any atom is -0.444 e. The van der Waals surface area contributed by atoms with E-state index >= 15 is 0 Å². The van der Waals surface area contributed by atoms with Gasteiger partial charge in [-0.3, -0.25) is 9.59 Å². The number of benzene rings is 1. The second-order valence-electron chi connectivity index (χ2n) is 10.2. The number of thioether (sulfide) groups is 1. The molecule has 1 aliphatic rings. The number of nitrogens with zero attached hydrogens (tertiary/aromatic N) is 2. The number of carbonyl (C=O) groups is 3. The highest BCUT2D eigenvalue weighted by Crippen LogP contribution is 2.27. The quantitative estimate of drug-likeness (QED) is 0.444. The van der Waals surface area contributed by atoms with Gasteiger partial charge >= 0.3 is 6.09 Å². The van der Waals surface area contributed by atoms with Crippen LogP contribution in [-0.4, -0.2) is 59.0 Å². The van der Waals surface area contributed by atoms with Gasteiger partial charge in [0.25, 0.3) is 0 Å². The zero-order chi connectivity index (χ0) is 26.7. The van der Waals surface area contributed by atoms with Gasteiger partial charge in [-0.05, 0) is 70.1 Å². The smallest absolute Gasteiger partial charge is 0.408 e. The van der Waals surface area contributed by atoms with Gasteiger partial charge in [-0.25, -0.2) is 4.79 Å². The monoisotopic (exact) mass is 516 g/mol. The summed E-state index contributed by atoms with van der Waals surface area (Å²) in [5, 5.41) is 15.5. The highest BCUT2D eigenvalue weighted by atomic mass is 32.2. The van der Waals surface area contributed by atoms with Gasteiger partial charge in [0.2, 0.25) is 11.8 Å². The van der Waals surface area contributed by atoms with E-state index in [0.717, 1.165) is 37.7 Å². The van der Waals surface area contributed by atoms with Crippen LogP contribution >= 0.6 is 11.8 Å². The van der Waals surface area contributed by atoms with E-state index in [-0.39, 0.29) is 18.5 Å². The third kappa shape index (κ3) is 9.05. The maximum absolute atomic E-state index is 13.9. The van der Waals surface area contributed by atoms with Crippen molar-refractivity contribution in [2.24, 2.45) is 0 Å². The second-order valence-corrected chi connectivity index (χ2v) is 11.2. The number of rotatable bonds is 10. The minimum atomic E-state index is -0.988. The molecular formula is C27H40N4O4S. The van der Waals surface area contributed by atoms with Crippen LogP contribution in [0.5, 0.6) is 0 Å². The van der Waals surface area contributed by atoms with Crippen molar-refractivity contribution in [2.45, 2.75) is 89.9 Å². The molecule has 1 aromatic rings. The summed E-state index contributed by atoms with van der Waals surface area (Å²) in [5.74, 6) is -0.181. The van der Waals surface area contributed by atoms with Crippen molar-refractivity contribution >= 4 is 29.7 Å². The summed E-state index contributed by atoms with van der Waals surface area (Å²) in [7, 11) is 0. The molecule has 0 aromatic heterocycles. The average molecular weight is 517 g/mol. The molecule has 0 bridgehead atoms. The molecule has 1 aromatic carbocycles. The van der Waals surface area contributed by atoms with Crippen molar-refractivity contribution in [1.82, 2.24) is 15.5 Å². The fourth-order valence-corrected chi connectivity index (χ4v) is 4.86. The highest BCUT2D eigenvalue weighted by Gasteiger charge is 2.37. The summed E-state index contributed by atoms with van der Waals surface area (Å²) in [6.45, 7) is 6.84. The molecule has 3 amide bonds. The van der Waals surface area contributed by atoms with Gasteiger partial charge in [0.15, 0.2) is 0 Å². The van der Waals surface area contributed by atoms with Crippen molar-refractivity contribution in [3.63, 3.8) is 0 Å². The van der Waals surface area contributed by atoms with E-state index in [1.807, 2.05) is 37.4 Å². The minimum absolute atomic E-state index is 0.0454. The lowest BCUT2D eigenvalue weighted by molar-refractivity contribution is -0.142. The first-order valence-corrected chi connectivity index (χ1v) is 14.0. The Morgan fingerprint density at radius 2 is 1.86 bits per heavy atom. The molecule has 9 heteroatoms. The Labute approximate surface area is 219 Å². The van der Waals surface area contributed by atoms with Crippen LogP contribution in [0.1, 0.15) is 76.5 Å². The number of alkyl carbamates (subject to hydrolysis) is 1. The van der Waals surface area contributed by atoms with Gasteiger partial charge in [0.05, 0.1) is 6.07 Å². The van der Waals surface area contributed by atoms with Crippen LogP contribution in [0.2, 0.25) is 0 Å². The summed E-state index contributed by atoms with van der Waals surface area (Å²) in [6.07, 6.45) is 6.60. The van der Waals surface area contributed by atoms with E-state index in [9.17, 15) is 19.6 Å². The molecule has 1 fully saturated rings. The van der Waals surface area contributed by atoms with E-state index in [2.05, 4.69) is 16.7 Å². The first kappa shape index (κ1) is 29.5. The van der Waals surface area contributed by atoms with E-state index in [1.165, 1.54) is 4.90 Å². The molecule has 1 saturated carbocycles. The Balaban J connectivity index is 2.41. The Bertz CT molecular complexity index is 934. The molecule has 0 saturated heterocycles. The molecular weight excluding hydrogens is 476 g/mol. The number of ether oxygens (including phenoxy) is 1. The SMILES string of the molecule is CSCCC(NC(=O)OC(C)(C)C)C(=O)N(CC#N)C(C(=O)NC1CCCCC1)c1ccccc1C. The van der Waals surface area contributed by atoms with Crippen molar-refractivity contribution < 1.29 is 19.1 Å². The third-order valence-electron chi connectivity index (χ3n) is 6.12. The zero-order valence-corrected chi connectivity index (χ0v) is 23.0. The largest absolute Gasteiger partial charge is 0.444 e. The molecule has 0 spiro atoms. The van der Waals surface area contributed by atoms with Crippen molar-refractivity contribution in [3.8, 4) is 6.07 Å². The molecule has 0 heterocycles.